The van der Waals surface area contributed by atoms with E-state index in [1.165, 1.54) is 0 Å². The maximum atomic E-state index is 13.0. The van der Waals surface area contributed by atoms with Crippen LogP contribution in [0.3, 0.4) is 0 Å². The van der Waals surface area contributed by atoms with Crippen molar-refractivity contribution >= 4 is 29.5 Å². The zero-order valence-corrected chi connectivity index (χ0v) is 17.1. The molecule has 1 atom stereocenters. The van der Waals surface area contributed by atoms with E-state index < -0.39 is 11.6 Å². The Morgan fingerprint density at radius 1 is 1.21 bits per heavy atom. The number of Topliss-reactive ketones (excluding diaryl/α,β-unsaturated/α-hetero) is 1. The molecule has 1 spiro atoms. The molecule has 2 saturated heterocycles. The Hall–Kier alpha value is -2.54. The van der Waals surface area contributed by atoms with Gasteiger partial charge in [-0.3, -0.25) is 14.5 Å². The third-order valence-corrected chi connectivity index (χ3v) is 6.85. The molecule has 4 rings (SSSR count). The molecule has 2 fully saturated rings. The zero-order chi connectivity index (χ0) is 20.1. The number of aromatic nitrogens is 1. The van der Waals surface area contributed by atoms with Crippen molar-refractivity contribution in [3.05, 3.63) is 52.8 Å². The lowest BCUT2D eigenvalue weighted by atomic mass is 9.99. The molecule has 0 aliphatic carbocycles. The lowest BCUT2D eigenvalue weighted by Gasteiger charge is -2.19. The number of amides is 3. The standard InChI is InChI=1S/C21H23N3O3S/c1-13-6-4-5-7-17(13)24-14(2)10-16(15(24)3)18(25)11-23-19(26)21(22-20(23)27)8-9-28-12-21/h4-7,10H,8-9,11-12H2,1-3H3,(H,22,27). The van der Waals surface area contributed by atoms with Gasteiger partial charge in [0.05, 0.1) is 6.54 Å². The molecule has 3 amide bonds. The van der Waals surface area contributed by atoms with E-state index in [-0.39, 0.29) is 18.2 Å². The van der Waals surface area contributed by atoms with Crippen molar-refractivity contribution < 1.29 is 14.4 Å². The largest absolute Gasteiger partial charge is 0.325 e. The van der Waals surface area contributed by atoms with E-state index in [0.29, 0.717) is 17.7 Å². The summed E-state index contributed by atoms with van der Waals surface area (Å²) in [6.45, 7) is 5.65. The van der Waals surface area contributed by atoms with Crippen molar-refractivity contribution in [3.8, 4) is 5.69 Å². The Morgan fingerprint density at radius 3 is 2.64 bits per heavy atom. The molecule has 0 radical (unpaired) electrons. The molecule has 0 bridgehead atoms. The van der Waals surface area contributed by atoms with Gasteiger partial charge in [0.15, 0.2) is 5.78 Å². The van der Waals surface area contributed by atoms with Gasteiger partial charge in [0.2, 0.25) is 0 Å². The molecule has 28 heavy (non-hydrogen) atoms. The molecular formula is C21H23N3O3S. The number of imide groups is 1. The molecule has 1 aromatic heterocycles. The van der Waals surface area contributed by atoms with Gasteiger partial charge in [-0.25, -0.2) is 4.79 Å². The average Bonchev–Trinajstić information content (AvgIpc) is 3.30. The van der Waals surface area contributed by atoms with Crippen molar-refractivity contribution in [2.24, 2.45) is 0 Å². The molecular weight excluding hydrogens is 374 g/mol. The summed E-state index contributed by atoms with van der Waals surface area (Å²) in [6, 6.07) is 9.37. The quantitative estimate of drug-likeness (QED) is 0.636. The van der Waals surface area contributed by atoms with E-state index in [1.807, 2.05) is 55.7 Å². The summed E-state index contributed by atoms with van der Waals surface area (Å²) < 4.78 is 2.05. The predicted molar refractivity (Wildman–Crippen MR) is 109 cm³/mol. The molecule has 7 heteroatoms. The second-order valence-electron chi connectivity index (χ2n) is 7.54. The maximum absolute atomic E-state index is 13.0. The highest BCUT2D eigenvalue weighted by Gasteiger charge is 2.53. The van der Waals surface area contributed by atoms with Gasteiger partial charge >= 0.3 is 6.03 Å². The van der Waals surface area contributed by atoms with Crippen LogP contribution >= 0.6 is 11.8 Å². The fourth-order valence-corrected chi connectivity index (χ4v) is 5.44. The van der Waals surface area contributed by atoms with Crippen LogP contribution in [-0.4, -0.2) is 50.8 Å². The summed E-state index contributed by atoms with van der Waals surface area (Å²) in [5.74, 6) is 0.915. The van der Waals surface area contributed by atoms with Gasteiger partial charge in [0.1, 0.15) is 5.54 Å². The Kier molecular flexibility index (Phi) is 4.57. The minimum atomic E-state index is -0.819. The molecule has 2 aromatic rings. The van der Waals surface area contributed by atoms with Crippen LogP contribution in [0, 0.1) is 20.8 Å². The number of carbonyl (C=O) groups excluding carboxylic acids is 3. The van der Waals surface area contributed by atoms with Crippen LogP contribution in [0.15, 0.2) is 30.3 Å². The van der Waals surface area contributed by atoms with E-state index in [4.69, 9.17) is 0 Å². The number of rotatable bonds is 4. The van der Waals surface area contributed by atoms with E-state index in [1.54, 1.807) is 11.8 Å². The summed E-state index contributed by atoms with van der Waals surface area (Å²) in [5.41, 5.74) is 3.61. The van der Waals surface area contributed by atoms with Crippen molar-refractivity contribution in [2.75, 3.05) is 18.1 Å². The Morgan fingerprint density at radius 2 is 1.96 bits per heavy atom. The Bertz CT molecular complexity index is 989. The molecule has 0 saturated carbocycles. The zero-order valence-electron chi connectivity index (χ0n) is 16.2. The highest BCUT2D eigenvalue weighted by atomic mass is 32.2. The Labute approximate surface area is 168 Å². The first kappa shape index (κ1) is 18.8. The molecule has 6 nitrogen and oxygen atoms in total. The smallest absolute Gasteiger partial charge is 0.322 e. The number of nitrogens with zero attached hydrogens (tertiary/aromatic N) is 2. The monoisotopic (exact) mass is 397 g/mol. The average molecular weight is 398 g/mol. The molecule has 2 aliphatic heterocycles. The number of aryl methyl sites for hydroxylation is 2. The normalized spacial score (nSPS) is 21.6. The summed E-state index contributed by atoms with van der Waals surface area (Å²) in [4.78, 5) is 39.2. The lowest BCUT2D eigenvalue weighted by molar-refractivity contribution is -0.130. The van der Waals surface area contributed by atoms with Gasteiger partial charge in [0, 0.05) is 28.4 Å². The summed E-state index contributed by atoms with van der Waals surface area (Å²) in [7, 11) is 0. The summed E-state index contributed by atoms with van der Waals surface area (Å²) in [5, 5.41) is 2.81. The van der Waals surface area contributed by atoms with Crippen LogP contribution in [0.5, 0.6) is 0 Å². The van der Waals surface area contributed by atoms with Gasteiger partial charge in [-0.1, -0.05) is 18.2 Å². The first-order chi connectivity index (χ1) is 13.3. The van der Waals surface area contributed by atoms with E-state index >= 15 is 0 Å². The van der Waals surface area contributed by atoms with Gasteiger partial charge in [0.25, 0.3) is 5.91 Å². The summed E-state index contributed by atoms with van der Waals surface area (Å²) in [6.07, 6.45) is 0.620. The van der Waals surface area contributed by atoms with Crippen molar-refractivity contribution in [1.82, 2.24) is 14.8 Å². The predicted octanol–water partition coefficient (Wildman–Crippen LogP) is 3.01. The summed E-state index contributed by atoms with van der Waals surface area (Å²) >= 11 is 1.65. The molecule has 1 aromatic carbocycles. The maximum Gasteiger partial charge on any atom is 0.325 e. The molecule has 3 heterocycles. The van der Waals surface area contributed by atoms with Crippen molar-refractivity contribution in [2.45, 2.75) is 32.7 Å². The highest BCUT2D eigenvalue weighted by Crippen LogP contribution is 2.33. The van der Waals surface area contributed by atoms with Gasteiger partial charge in [-0.2, -0.15) is 11.8 Å². The van der Waals surface area contributed by atoms with Crippen LogP contribution in [0.25, 0.3) is 5.69 Å². The fourth-order valence-electron chi connectivity index (χ4n) is 4.11. The highest BCUT2D eigenvalue weighted by molar-refractivity contribution is 7.99. The number of carbonyl (C=O) groups is 3. The minimum absolute atomic E-state index is 0.223. The molecule has 146 valence electrons. The van der Waals surface area contributed by atoms with Gasteiger partial charge in [-0.05, 0) is 50.6 Å². The first-order valence-corrected chi connectivity index (χ1v) is 10.5. The number of benzene rings is 1. The lowest BCUT2D eigenvalue weighted by Crippen LogP contribution is -2.47. The second kappa shape index (κ2) is 6.81. The molecule has 1 unspecified atom stereocenters. The Balaban J connectivity index is 1.62. The van der Waals surface area contributed by atoms with Gasteiger partial charge in [-0.15, -0.1) is 0 Å². The number of ketones is 1. The first-order valence-electron chi connectivity index (χ1n) is 9.34. The van der Waals surface area contributed by atoms with Crippen LogP contribution < -0.4 is 5.32 Å². The minimum Gasteiger partial charge on any atom is -0.322 e. The van der Waals surface area contributed by atoms with Crippen molar-refractivity contribution in [1.29, 1.82) is 0 Å². The number of thioether (sulfide) groups is 1. The van der Waals surface area contributed by atoms with Crippen molar-refractivity contribution in [3.63, 3.8) is 0 Å². The van der Waals surface area contributed by atoms with Crippen LogP contribution in [0.4, 0.5) is 4.79 Å². The van der Waals surface area contributed by atoms with Gasteiger partial charge < -0.3 is 9.88 Å². The molecule has 2 aliphatic rings. The number of hydrogen-bond donors (Lipinski definition) is 1. The van der Waals surface area contributed by atoms with Crippen LogP contribution in [-0.2, 0) is 4.79 Å². The van der Waals surface area contributed by atoms with E-state index in [9.17, 15) is 14.4 Å². The topological polar surface area (TPSA) is 71.4 Å². The second-order valence-corrected chi connectivity index (χ2v) is 8.64. The third-order valence-electron chi connectivity index (χ3n) is 5.66. The number of para-hydroxylation sites is 1. The fraction of sp³-hybridized carbons (Fsp3) is 0.381. The van der Waals surface area contributed by atoms with E-state index in [0.717, 1.165) is 33.3 Å². The van der Waals surface area contributed by atoms with Crippen LogP contribution in [0.1, 0.15) is 33.7 Å². The number of urea groups is 1. The molecule has 1 N–H and O–H groups in total. The third kappa shape index (κ3) is 2.85. The SMILES string of the molecule is Cc1ccccc1-n1c(C)cc(C(=O)CN2C(=O)NC3(CCSC3)C2=O)c1C. The number of hydrogen-bond acceptors (Lipinski definition) is 4. The van der Waals surface area contributed by atoms with E-state index in [2.05, 4.69) is 5.32 Å². The number of nitrogens with one attached hydrogen (secondary N) is 1. The van der Waals surface area contributed by atoms with Crippen LogP contribution in [0.2, 0.25) is 0 Å².